The van der Waals surface area contributed by atoms with Gasteiger partial charge in [-0.2, -0.15) is 0 Å². The molecule has 1 atom stereocenters. The molecule has 0 heterocycles. The number of aryl methyl sites for hydroxylation is 1. The summed E-state index contributed by atoms with van der Waals surface area (Å²) < 4.78 is 0. The zero-order valence-corrected chi connectivity index (χ0v) is 11.8. The van der Waals surface area contributed by atoms with E-state index in [4.69, 9.17) is 5.73 Å². The number of aromatic hydroxyl groups is 1. The van der Waals surface area contributed by atoms with Crippen LogP contribution in [-0.2, 0) is 17.8 Å². The monoisotopic (exact) mass is 284 g/mol. The van der Waals surface area contributed by atoms with Crippen molar-refractivity contribution in [3.63, 3.8) is 0 Å². The maximum absolute atomic E-state index is 11.9. The molecule has 0 aliphatic rings. The lowest BCUT2D eigenvalue weighted by molar-refractivity contribution is -0.122. The third kappa shape index (κ3) is 4.93. The summed E-state index contributed by atoms with van der Waals surface area (Å²) >= 11 is 0. The molecule has 0 aromatic heterocycles. The number of hydrogen-bond donors (Lipinski definition) is 3. The highest BCUT2D eigenvalue weighted by Crippen LogP contribution is 2.09. The number of nitrogens with two attached hydrogens (primary N) is 1. The second kappa shape index (κ2) is 7.45. The maximum atomic E-state index is 11.9. The van der Waals surface area contributed by atoms with E-state index in [2.05, 4.69) is 5.32 Å². The van der Waals surface area contributed by atoms with E-state index in [-0.39, 0.29) is 11.7 Å². The molecule has 110 valence electrons. The molecule has 0 aliphatic heterocycles. The number of carbonyl (C=O) groups is 1. The minimum atomic E-state index is -0.512. The SMILES string of the molecule is NC(CCc1ccccc1)C(=O)NCc1ccc(O)cc1. The summed E-state index contributed by atoms with van der Waals surface area (Å²) in [6, 6.07) is 16.2. The van der Waals surface area contributed by atoms with Crippen molar-refractivity contribution in [1.82, 2.24) is 5.32 Å². The third-order valence-electron chi connectivity index (χ3n) is 3.33. The van der Waals surface area contributed by atoms with Crippen LogP contribution >= 0.6 is 0 Å². The molecule has 0 radical (unpaired) electrons. The summed E-state index contributed by atoms with van der Waals surface area (Å²) in [5.74, 6) is 0.0589. The average molecular weight is 284 g/mol. The van der Waals surface area contributed by atoms with E-state index in [1.165, 1.54) is 5.56 Å². The Hall–Kier alpha value is -2.33. The number of rotatable bonds is 6. The summed E-state index contributed by atoms with van der Waals surface area (Å²) in [6.07, 6.45) is 1.40. The van der Waals surface area contributed by atoms with Crippen LogP contribution < -0.4 is 11.1 Å². The molecule has 4 nitrogen and oxygen atoms in total. The largest absolute Gasteiger partial charge is 0.508 e. The number of nitrogens with one attached hydrogen (secondary N) is 1. The standard InChI is InChI=1S/C17H20N2O2/c18-16(11-8-13-4-2-1-3-5-13)17(21)19-12-14-6-9-15(20)10-7-14/h1-7,9-10,16,20H,8,11-12,18H2,(H,19,21). The molecule has 0 bridgehead atoms. The summed E-state index contributed by atoms with van der Waals surface area (Å²) in [4.78, 5) is 11.9. The highest BCUT2D eigenvalue weighted by atomic mass is 16.3. The Morgan fingerprint density at radius 3 is 2.38 bits per heavy atom. The van der Waals surface area contributed by atoms with Crippen molar-refractivity contribution < 1.29 is 9.90 Å². The Labute approximate surface area is 124 Å². The van der Waals surface area contributed by atoms with Crippen molar-refractivity contribution in [2.45, 2.75) is 25.4 Å². The van der Waals surface area contributed by atoms with Gasteiger partial charge in [-0.15, -0.1) is 0 Å². The minimum absolute atomic E-state index is 0.154. The van der Waals surface area contributed by atoms with Crippen molar-refractivity contribution in [3.05, 3.63) is 65.7 Å². The summed E-state index contributed by atoms with van der Waals surface area (Å²) in [6.45, 7) is 0.415. The van der Waals surface area contributed by atoms with Crippen molar-refractivity contribution in [1.29, 1.82) is 0 Å². The Kier molecular flexibility index (Phi) is 5.35. The lowest BCUT2D eigenvalue weighted by Gasteiger charge is -2.12. The van der Waals surface area contributed by atoms with E-state index in [1.807, 2.05) is 30.3 Å². The van der Waals surface area contributed by atoms with Gasteiger partial charge in [0.25, 0.3) is 0 Å². The van der Waals surface area contributed by atoms with Crippen LogP contribution in [0, 0.1) is 0 Å². The fourth-order valence-electron chi connectivity index (χ4n) is 2.03. The van der Waals surface area contributed by atoms with Crippen LogP contribution in [0.3, 0.4) is 0 Å². The Bertz CT molecular complexity index is 567. The van der Waals surface area contributed by atoms with Gasteiger partial charge in [-0.25, -0.2) is 0 Å². The molecule has 0 saturated heterocycles. The Morgan fingerprint density at radius 2 is 1.71 bits per heavy atom. The fraction of sp³-hybridized carbons (Fsp3) is 0.235. The van der Waals surface area contributed by atoms with Crippen LogP contribution in [0.1, 0.15) is 17.5 Å². The minimum Gasteiger partial charge on any atom is -0.508 e. The quantitative estimate of drug-likeness (QED) is 0.759. The molecule has 2 aromatic carbocycles. The normalized spacial score (nSPS) is 11.9. The van der Waals surface area contributed by atoms with Crippen LogP contribution in [-0.4, -0.2) is 17.1 Å². The molecule has 4 heteroatoms. The van der Waals surface area contributed by atoms with Crippen molar-refractivity contribution in [2.24, 2.45) is 5.73 Å². The second-order valence-electron chi connectivity index (χ2n) is 5.02. The van der Waals surface area contributed by atoms with Gasteiger partial charge in [0.1, 0.15) is 5.75 Å². The van der Waals surface area contributed by atoms with E-state index in [0.29, 0.717) is 13.0 Å². The molecule has 0 spiro atoms. The second-order valence-corrected chi connectivity index (χ2v) is 5.02. The molecule has 4 N–H and O–H groups in total. The first kappa shape index (κ1) is 15.1. The zero-order chi connectivity index (χ0) is 15.1. The van der Waals surface area contributed by atoms with E-state index >= 15 is 0 Å². The van der Waals surface area contributed by atoms with Gasteiger partial charge in [0.15, 0.2) is 0 Å². The Balaban J connectivity index is 1.76. The van der Waals surface area contributed by atoms with Gasteiger partial charge in [-0.3, -0.25) is 4.79 Å². The van der Waals surface area contributed by atoms with E-state index in [1.54, 1.807) is 24.3 Å². The predicted octanol–water partition coefficient (Wildman–Crippen LogP) is 1.97. The van der Waals surface area contributed by atoms with E-state index in [0.717, 1.165) is 12.0 Å². The van der Waals surface area contributed by atoms with Crippen LogP contribution in [0.25, 0.3) is 0 Å². The lowest BCUT2D eigenvalue weighted by Crippen LogP contribution is -2.40. The molecule has 21 heavy (non-hydrogen) atoms. The van der Waals surface area contributed by atoms with Gasteiger partial charge in [0.05, 0.1) is 6.04 Å². The summed E-state index contributed by atoms with van der Waals surface area (Å²) in [5, 5.41) is 12.0. The van der Waals surface area contributed by atoms with Crippen LogP contribution in [0.15, 0.2) is 54.6 Å². The molecule has 1 unspecified atom stereocenters. The number of carbonyl (C=O) groups excluding carboxylic acids is 1. The Morgan fingerprint density at radius 1 is 1.05 bits per heavy atom. The topological polar surface area (TPSA) is 75.4 Å². The average Bonchev–Trinajstić information content (AvgIpc) is 2.52. The van der Waals surface area contributed by atoms with Crippen molar-refractivity contribution >= 4 is 5.91 Å². The fourth-order valence-corrected chi connectivity index (χ4v) is 2.03. The first-order valence-electron chi connectivity index (χ1n) is 7.00. The van der Waals surface area contributed by atoms with Crippen LogP contribution in [0.4, 0.5) is 0 Å². The summed E-state index contributed by atoms with van der Waals surface area (Å²) in [5.41, 5.74) is 8.01. The molecule has 0 aliphatic carbocycles. The molecule has 2 aromatic rings. The number of benzene rings is 2. The van der Waals surface area contributed by atoms with E-state index in [9.17, 15) is 9.90 Å². The maximum Gasteiger partial charge on any atom is 0.237 e. The molecule has 2 rings (SSSR count). The van der Waals surface area contributed by atoms with Crippen LogP contribution in [0.2, 0.25) is 0 Å². The zero-order valence-electron chi connectivity index (χ0n) is 11.8. The van der Waals surface area contributed by atoms with Gasteiger partial charge in [-0.1, -0.05) is 42.5 Å². The molecular formula is C17H20N2O2. The molecular weight excluding hydrogens is 264 g/mol. The predicted molar refractivity (Wildman–Crippen MR) is 82.7 cm³/mol. The van der Waals surface area contributed by atoms with Gasteiger partial charge >= 0.3 is 0 Å². The first-order chi connectivity index (χ1) is 10.1. The van der Waals surface area contributed by atoms with Gasteiger partial charge in [-0.05, 0) is 36.1 Å². The number of phenols is 1. The smallest absolute Gasteiger partial charge is 0.237 e. The molecule has 0 saturated carbocycles. The highest BCUT2D eigenvalue weighted by molar-refractivity contribution is 5.81. The van der Waals surface area contributed by atoms with Crippen LogP contribution in [0.5, 0.6) is 5.75 Å². The molecule has 1 amide bonds. The van der Waals surface area contributed by atoms with E-state index < -0.39 is 6.04 Å². The lowest BCUT2D eigenvalue weighted by atomic mass is 10.1. The van der Waals surface area contributed by atoms with Crippen molar-refractivity contribution in [2.75, 3.05) is 0 Å². The number of hydrogen-bond acceptors (Lipinski definition) is 3. The summed E-state index contributed by atoms with van der Waals surface area (Å²) in [7, 11) is 0. The number of amides is 1. The highest BCUT2D eigenvalue weighted by Gasteiger charge is 2.12. The third-order valence-corrected chi connectivity index (χ3v) is 3.33. The van der Waals surface area contributed by atoms with Gasteiger partial charge < -0.3 is 16.2 Å². The van der Waals surface area contributed by atoms with Gasteiger partial charge in [0, 0.05) is 6.54 Å². The molecule has 0 fully saturated rings. The van der Waals surface area contributed by atoms with Crippen molar-refractivity contribution in [3.8, 4) is 5.75 Å². The number of phenolic OH excluding ortho intramolecular Hbond substituents is 1. The van der Waals surface area contributed by atoms with Gasteiger partial charge in [0.2, 0.25) is 5.91 Å². The first-order valence-corrected chi connectivity index (χ1v) is 7.00.